The zero-order valence-corrected chi connectivity index (χ0v) is 93.3. The first kappa shape index (κ1) is 107. The molecule has 0 bridgehead atoms. The number of rotatable bonds is 24. The summed E-state index contributed by atoms with van der Waals surface area (Å²) in [6.07, 6.45) is 0. The number of likely N-dealkylation sites (N-methyl/N-ethyl adjacent to an activating group) is 6. The van der Waals surface area contributed by atoms with Crippen LogP contribution in [0.5, 0.6) is 0 Å². The maximum absolute atomic E-state index is 13.9. The zero-order valence-electron chi connectivity index (χ0n) is 87.8. The van der Waals surface area contributed by atoms with Crippen molar-refractivity contribution in [3.05, 3.63) is 286 Å². The highest BCUT2D eigenvalue weighted by molar-refractivity contribution is 9.10. The molecule has 12 heterocycles. The third-order valence-electron chi connectivity index (χ3n) is 31.3. The minimum absolute atomic E-state index is 0.166. The van der Waals surface area contributed by atoms with Crippen molar-refractivity contribution in [1.29, 1.82) is 0 Å². The topological polar surface area (TPSA) is 106 Å². The Labute approximate surface area is 914 Å². The molecule has 12 aliphatic rings. The van der Waals surface area contributed by atoms with Crippen molar-refractivity contribution in [2.45, 2.75) is 61.1 Å². The van der Waals surface area contributed by atoms with Crippen LogP contribution in [0.1, 0.15) is 41.5 Å². The molecular weight excluding hydrogens is 2050 g/mol. The molecule has 0 aromatic heterocycles. The van der Waals surface area contributed by atoms with Crippen LogP contribution >= 0.6 is 67.0 Å². The molecule has 0 amide bonds. The van der Waals surface area contributed by atoms with Crippen molar-refractivity contribution in [2.24, 2.45) is 0 Å². The molecule has 149 heavy (non-hydrogen) atoms. The molecule has 24 rings (SSSR count). The van der Waals surface area contributed by atoms with Crippen LogP contribution in [-0.4, -0.2) is 334 Å². The molecule has 0 spiro atoms. The van der Waals surface area contributed by atoms with E-state index in [1.54, 1.807) is 30.0 Å². The lowest BCUT2D eigenvalue weighted by Crippen LogP contribution is -2.48. The molecule has 12 aliphatic heterocycles. The van der Waals surface area contributed by atoms with E-state index in [2.05, 4.69) is 389 Å². The number of hydrogen-bond donors (Lipinski definition) is 4. The van der Waals surface area contributed by atoms with Gasteiger partial charge < -0.3 is 80.1 Å². The summed E-state index contributed by atoms with van der Waals surface area (Å²) in [6, 6.07) is 89.0. The lowest BCUT2D eigenvalue weighted by molar-refractivity contribution is 0.140. The fourth-order valence-electron chi connectivity index (χ4n) is 22.1. The van der Waals surface area contributed by atoms with Crippen molar-refractivity contribution >= 4 is 181 Å². The number of para-hydroxylation sites is 12. The number of hydrogen-bond acceptors (Lipinski definition) is 24. The molecule has 0 aliphatic carbocycles. The van der Waals surface area contributed by atoms with Crippen LogP contribution < -0.4 is 50.7 Å². The van der Waals surface area contributed by atoms with Crippen LogP contribution in [0.3, 0.4) is 0 Å². The largest absolute Gasteiger partial charge is 0.352 e. The Morgan fingerprint density at radius 3 is 0.725 bits per heavy atom. The maximum atomic E-state index is 13.9. The summed E-state index contributed by atoms with van der Waals surface area (Å²) in [7, 11) is 0. The van der Waals surface area contributed by atoms with Gasteiger partial charge in [0.25, 0.3) is 0 Å². The first-order valence-electron chi connectivity index (χ1n) is 54.5. The third kappa shape index (κ3) is 27.2. The smallest absolute Gasteiger partial charge is 0.125 e. The Bertz CT molecular complexity index is 5580. The SMILES string of the molecule is CCN1CCN(CCN2c3ccccc3Nc3ccc(Br)cc32)CC1.CCN1CCN(CCN2c3ccccc3Nc3ccc(Cl)cc32)CC1.CCN1CCN(CCN2c3ccccc3Nc3ccc(F)cc32)CC1.CCN1CCN(CCN2c3ccccc3Nc3ccccc32)CC1.CCN1CCN(CCN2c3ccccc3Sc3ccc(Br)cc32)CC1.CCN1CCN(CCN2c3ccccc3Sc3ccc(F)cc32)CC1. The van der Waals surface area contributed by atoms with Crippen LogP contribution in [0.4, 0.5) is 123 Å². The number of benzene rings is 12. The third-order valence-corrected chi connectivity index (χ3v) is 34.8. The first-order valence-corrected chi connectivity index (χ1v) is 58.0. The van der Waals surface area contributed by atoms with Gasteiger partial charge in [0, 0.05) is 269 Å². The molecule has 786 valence electrons. The van der Waals surface area contributed by atoms with Crippen LogP contribution in [0.2, 0.25) is 5.02 Å². The van der Waals surface area contributed by atoms with Gasteiger partial charge in [0.15, 0.2) is 0 Å². The first-order chi connectivity index (χ1) is 73.1. The number of fused-ring (bicyclic) bond motifs is 12. The van der Waals surface area contributed by atoms with E-state index in [4.69, 9.17) is 11.6 Å². The van der Waals surface area contributed by atoms with E-state index in [0.717, 1.165) is 222 Å². The van der Waals surface area contributed by atoms with E-state index in [1.165, 1.54) is 206 Å². The summed E-state index contributed by atoms with van der Waals surface area (Å²) >= 11 is 17.2. The summed E-state index contributed by atoms with van der Waals surface area (Å²) < 4.78 is 30.0. The molecule has 29 heteroatoms. The van der Waals surface area contributed by atoms with Crippen LogP contribution in [0.15, 0.2) is 289 Å². The average molecular weight is 2200 g/mol. The fraction of sp³-hybridized carbons (Fsp3) is 0.400. The Morgan fingerprint density at radius 1 is 0.208 bits per heavy atom. The van der Waals surface area contributed by atoms with E-state index in [-0.39, 0.29) is 11.6 Å². The van der Waals surface area contributed by atoms with Crippen molar-refractivity contribution in [1.82, 2.24) is 58.8 Å². The van der Waals surface area contributed by atoms with Crippen molar-refractivity contribution in [3.63, 3.8) is 0 Å². The highest BCUT2D eigenvalue weighted by Gasteiger charge is 2.34. The molecule has 22 nitrogen and oxygen atoms in total. The monoisotopic (exact) mass is 2190 g/mol. The summed E-state index contributed by atoms with van der Waals surface area (Å²) in [5.41, 5.74) is 23.5. The number of nitrogens with one attached hydrogen (secondary N) is 4. The normalized spacial score (nSPS) is 17.9. The molecule has 0 radical (unpaired) electrons. The number of piperazine rings is 6. The maximum Gasteiger partial charge on any atom is 0.125 e. The Kier molecular flexibility index (Phi) is 37.9. The minimum Gasteiger partial charge on any atom is -0.352 e. The molecule has 0 atom stereocenters. The van der Waals surface area contributed by atoms with E-state index in [0.29, 0.717) is 0 Å². The second-order valence-corrected chi connectivity index (χ2v) is 44.4. The van der Waals surface area contributed by atoms with E-state index in [1.807, 2.05) is 42.1 Å². The quantitative estimate of drug-likeness (QED) is 0.0461. The van der Waals surface area contributed by atoms with Gasteiger partial charge in [-0.2, -0.15) is 0 Å². The van der Waals surface area contributed by atoms with Gasteiger partial charge in [-0.05, 0) is 215 Å². The van der Waals surface area contributed by atoms with Crippen LogP contribution in [0.25, 0.3) is 0 Å². The van der Waals surface area contributed by atoms with Gasteiger partial charge in [0.2, 0.25) is 0 Å². The van der Waals surface area contributed by atoms with Gasteiger partial charge in [-0.3, -0.25) is 29.4 Å². The van der Waals surface area contributed by atoms with Gasteiger partial charge >= 0.3 is 0 Å². The van der Waals surface area contributed by atoms with E-state index >= 15 is 0 Å². The standard InChI is InChI=1S/C20H25BrN4.C20H24BrN3S.C20H25ClN4.C20H25FN4.C20H24FN3S.C20H26N4/c1-2-23-9-11-24(12-10-23)13-14-25-19-6-4-3-5-17(19)22-18-8-7-16(21)15-20(18)25;1-2-22-9-11-23(12-10-22)13-14-24-17-5-3-4-6-19(17)25-20-8-7-16(21)15-18(20)24;2*1-2-23-9-11-24(12-10-23)13-14-25-19-6-4-3-5-17(19)22-18-8-7-16(21)15-20(18)25;1-2-22-9-11-23(12-10-22)13-14-24-17-5-3-4-6-19(17)25-20-8-7-16(21)15-18(20)24;1-2-22-11-13-23(14-12-22)15-16-24-19-9-5-3-7-17(19)21-18-8-4-6-10-20(18)24/h3-8,15,22H,2,9-14H2,1H3;3-8,15H,2,9-14H2,1H3;2*3-8,15,22H,2,9-14H2,1H3;3-8,15H,2,9-14H2,1H3;3-10,21H,2,11-16H2,1H3. The molecule has 0 saturated carbocycles. The Hall–Kier alpha value is -10.0. The minimum atomic E-state index is -0.193. The van der Waals surface area contributed by atoms with Gasteiger partial charge in [0.05, 0.1) is 114 Å². The number of nitrogens with zero attached hydrogens (tertiary/aromatic N) is 18. The lowest BCUT2D eigenvalue weighted by atomic mass is 10.1. The fourth-order valence-corrected chi connectivity index (χ4v) is 25.2. The van der Waals surface area contributed by atoms with Crippen LogP contribution in [-0.2, 0) is 0 Å². The van der Waals surface area contributed by atoms with E-state index in [9.17, 15) is 8.78 Å². The molecule has 12 aromatic rings. The summed E-state index contributed by atoms with van der Waals surface area (Å²) in [5, 5.41) is 14.9. The molecule has 6 saturated heterocycles. The van der Waals surface area contributed by atoms with E-state index < -0.39 is 0 Å². The predicted octanol–water partition coefficient (Wildman–Crippen LogP) is 24.4. The second-order valence-electron chi connectivity index (χ2n) is 40.0. The molecule has 4 N–H and O–H groups in total. The molecular formula is C120H149Br2ClF2N22S2. The van der Waals surface area contributed by atoms with Crippen molar-refractivity contribution in [2.75, 3.05) is 326 Å². The lowest BCUT2D eigenvalue weighted by Gasteiger charge is -2.38. The highest BCUT2D eigenvalue weighted by atomic mass is 79.9. The highest BCUT2D eigenvalue weighted by Crippen LogP contribution is 2.53. The summed E-state index contributed by atoms with van der Waals surface area (Å²) in [5.74, 6) is -0.359. The van der Waals surface area contributed by atoms with Gasteiger partial charge in [-0.15, -0.1) is 0 Å². The number of halogens is 5. The zero-order chi connectivity index (χ0) is 102. The number of anilines is 20. The second kappa shape index (κ2) is 52.5. The predicted molar refractivity (Wildman–Crippen MR) is 632 cm³/mol. The molecule has 12 aromatic carbocycles. The van der Waals surface area contributed by atoms with Crippen LogP contribution in [0, 0.1) is 11.6 Å². The molecule has 6 fully saturated rings. The van der Waals surface area contributed by atoms with Gasteiger partial charge in [0.1, 0.15) is 11.6 Å². The van der Waals surface area contributed by atoms with Gasteiger partial charge in [-0.1, -0.05) is 193 Å². The van der Waals surface area contributed by atoms with Gasteiger partial charge in [-0.25, -0.2) is 8.78 Å². The Balaban J connectivity index is 0.000000112. The Morgan fingerprint density at radius 2 is 0.409 bits per heavy atom. The van der Waals surface area contributed by atoms with Crippen molar-refractivity contribution < 1.29 is 8.78 Å². The summed E-state index contributed by atoms with van der Waals surface area (Å²) in [6.45, 7) is 60.5. The van der Waals surface area contributed by atoms with Crippen molar-refractivity contribution in [3.8, 4) is 0 Å². The molecule has 0 unspecified atom stereocenters. The summed E-state index contributed by atoms with van der Waals surface area (Å²) in [4.78, 5) is 49.9. The average Bonchev–Trinajstić information content (AvgIpc) is 0.784.